The molecular weight excluding hydrogens is 685 g/mol. The van der Waals surface area contributed by atoms with Crippen molar-refractivity contribution in [2.75, 3.05) is 12.4 Å². The number of carbonyl (C=O) groups excluding carboxylic acids is 1. The molecule has 1 amide bonds. The molecule has 1 aliphatic rings. The Morgan fingerprint density at radius 2 is 1.70 bits per heavy atom. The fourth-order valence-corrected chi connectivity index (χ4v) is 6.53. The monoisotopic (exact) mass is 713 g/mol. The average molecular weight is 714 g/mol. The minimum Gasteiger partial charge on any atom is -0.496 e. The Balaban J connectivity index is 1.39. The number of ether oxygens (including phenoxy) is 2. The van der Waals surface area contributed by atoms with Gasteiger partial charge in [0.05, 0.1) is 29.0 Å². The highest BCUT2D eigenvalue weighted by Gasteiger charge is 2.32. The summed E-state index contributed by atoms with van der Waals surface area (Å²) in [4.78, 5) is 33.0. The van der Waals surface area contributed by atoms with Gasteiger partial charge >= 0.3 is 0 Å². The molecular formula is C35H28IN3O4S. The highest BCUT2D eigenvalue weighted by atomic mass is 127. The van der Waals surface area contributed by atoms with E-state index in [1.54, 1.807) is 11.7 Å². The van der Waals surface area contributed by atoms with E-state index < -0.39 is 6.04 Å². The second-order valence-corrected chi connectivity index (χ2v) is 12.4. The van der Waals surface area contributed by atoms with Crippen molar-refractivity contribution in [2.24, 2.45) is 4.99 Å². The van der Waals surface area contributed by atoms with Gasteiger partial charge < -0.3 is 14.8 Å². The highest BCUT2D eigenvalue weighted by Crippen LogP contribution is 2.31. The van der Waals surface area contributed by atoms with Crippen LogP contribution in [0.15, 0.2) is 124 Å². The summed E-state index contributed by atoms with van der Waals surface area (Å²) in [5.74, 6) is 1.16. The summed E-state index contributed by atoms with van der Waals surface area (Å²) in [6.45, 7) is 2.12. The van der Waals surface area contributed by atoms with E-state index in [0.717, 1.165) is 26.0 Å². The molecule has 4 aromatic carbocycles. The summed E-state index contributed by atoms with van der Waals surface area (Å²) >= 11 is 3.56. The normalized spacial score (nSPS) is 14.5. The third-order valence-corrected chi connectivity index (χ3v) is 8.93. The van der Waals surface area contributed by atoms with E-state index in [4.69, 9.17) is 14.5 Å². The van der Waals surface area contributed by atoms with Crippen molar-refractivity contribution in [3.05, 3.63) is 154 Å². The molecule has 9 heteroatoms. The molecule has 1 aromatic heterocycles. The first-order valence-electron chi connectivity index (χ1n) is 13.9. The zero-order valence-electron chi connectivity index (χ0n) is 24.0. The molecule has 0 radical (unpaired) electrons. The van der Waals surface area contributed by atoms with E-state index in [1.807, 2.05) is 116 Å². The maximum absolute atomic E-state index is 14.1. The molecule has 1 aliphatic heterocycles. The maximum Gasteiger partial charge on any atom is 0.271 e. The predicted molar refractivity (Wildman–Crippen MR) is 182 cm³/mol. The number of amides is 1. The fourth-order valence-electron chi connectivity index (χ4n) is 5.13. The molecule has 0 bridgehead atoms. The number of halogens is 1. The molecule has 44 heavy (non-hydrogen) atoms. The SMILES string of the molecule is COc1ccc(/C=c2/sc3n(c2=O)C(c2ccccc2)C(C(=O)Nc2ccccc2)=C(C)N=3)cc1COc1ccc(I)cc1. The number of anilines is 1. The first kappa shape index (κ1) is 29.6. The van der Waals surface area contributed by atoms with Gasteiger partial charge in [0.25, 0.3) is 11.5 Å². The van der Waals surface area contributed by atoms with Crippen LogP contribution in [-0.4, -0.2) is 17.6 Å². The number of hydrogen-bond donors (Lipinski definition) is 1. The highest BCUT2D eigenvalue weighted by molar-refractivity contribution is 14.1. The molecule has 1 N–H and O–H groups in total. The molecule has 1 unspecified atom stereocenters. The molecule has 0 spiro atoms. The second-order valence-electron chi connectivity index (χ2n) is 10.1. The molecule has 7 nitrogen and oxygen atoms in total. The average Bonchev–Trinajstić information content (AvgIpc) is 3.34. The summed E-state index contributed by atoms with van der Waals surface area (Å²) in [6.07, 6.45) is 1.85. The van der Waals surface area contributed by atoms with E-state index in [2.05, 4.69) is 27.9 Å². The number of benzene rings is 4. The van der Waals surface area contributed by atoms with Crippen molar-refractivity contribution >= 4 is 51.6 Å². The molecule has 6 rings (SSSR count). The number of nitrogens with zero attached hydrogens (tertiary/aromatic N) is 2. The van der Waals surface area contributed by atoms with Crippen LogP contribution in [0.25, 0.3) is 6.08 Å². The first-order chi connectivity index (χ1) is 21.4. The first-order valence-corrected chi connectivity index (χ1v) is 15.8. The largest absolute Gasteiger partial charge is 0.496 e. The smallest absolute Gasteiger partial charge is 0.271 e. The van der Waals surface area contributed by atoms with E-state index in [0.29, 0.717) is 38.6 Å². The number of para-hydroxylation sites is 1. The van der Waals surface area contributed by atoms with Gasteiger partial charge in [0.15, 0.2) is 4.80 Å². The van der Waals surface area contributed by atoms with Crippen LogP contribution in [0.4, 0.5) is 5.69 Å². The Bertz CT molecular complexity index is 2040. The Hall–Kier alpha value is -4.48. The van der Waals surface area contributed by atoms with Crippen LogP contribution in [0, 0.1) is 3.57 Å². The Kier molecular flexibility index (Phi) is 8.76. The lowest BCUT2D eigenvalue weighted by molar-refractivity contribution is -0.113. The molecule has 0 fully saturated rings. The summed E-state index contributed by atoms with van der Waals surface area (Å²) in [5.41, 5.74) is 3.96. The summed E-state index contributed by atoms with van der Waals surface area (Å²) < 4.78 is 14.9. The van der Waals surface area contributed by atoms with Gasteiger partial charge in [-0.3, -0.25) is 14.2 Å². The quantitative estimate of drug-likeness (QED) is 0.198. The predicted octanol–water partition coefficient (Wildman–Crippen LogP) is 6.07. The third kappa shape index (κ3) is 6.24. The van der Waals surface area contributed by atoms with E-state index in [1.165, 1.54) is 11.3 Å². The van der Waals surface area contributed by atoms with Gasteiger partial charge in [-0.05, 0) is 95.2 Å². The van der Waals surface area contributed by atoms with Crippen LogP contribution in [0.1, 0.15) is 29.7 Å². The van der Waals surface area contributed by atoms with Gasteiger partial charge in [-0.2, -0.15) is 0 Å². The number of rotatable bonds is 8. The Labute approximate surface area is 272 Å². The summed E-state index contributed by atoms with van der Waals surface area (Å²) in [5, 5.41) is 2.98. The molecule has 0 saturated heterocycles. The zero-order chi connectivity index (χ0) is 30.6. The zero-order valence-corrected chi connectivity index (χ0v) is 27.0. The van der Waals surface area contributed by atoms with Crippen molar-refractivity contribution in [3.8, 4) is 11.5 Å². The topological polar surface area (TPSA) is 81.9 Å². The van der Waals surface area contributed by atoms with Gasteiger partial charge in [-0.1, -0.05) is 65.9 Å². The lowest BCUT2D eigenvalue weighted by Crippen LogP contribution is -2.40. The summed E-state index contributed by atoms with van der Waals surface area (Å²) in [7, 11) is 1.62. The van der Waals surface area contributed by atoms with E-state index >= 15 is 0 Å². The lowest BCUT2D eigenvalue weighted by Gasteiger charge is -2.25. The Morgan fingerprint density at radius 1 is 1.00 bits per heavy atom. The van der Waals surface area contributed by atoms with Gasteiger partial charge in [0, 0.05) is 14.8 Å². The lowest BCUT2D eigenvalue weighted by atomic mass is 9.95. The van der Waals surface area contributed by atoms with Crippen LogP contribution in [0.5, 0.6) is 11.5 Å². The van der Waals surface area contributed by atoms with E-state index in [-0.39, 0.29) is 11.5 Å². The minimum absolute atomic E-state index is 0.215. The summed E-state index contributed by atoms with van der Waals surface area (Å²) in [6, 6.07) is 31.8. The number of thiazole rings is 1. The molecule has 5 aromatic rings. The molecule has 2 heterocycles. The molecule has 220 valence electrons. The molecule has 0 aliphatic carbocycles. The number of hydrogen-bond acceptors (Lipinski definition) is 6. The van der Waals surface area contributed by atoms with Crippen molar-refractivity contribution in [1.82, 2.24) is 4.57 Å². The Morgan fingerprint density at radius 3 is 2.41 bits per heavy atom. The van der Waals surface area contributed by atoms with Crippen LogP contribution in [0.2, 0.25) is 0 Å². The van der Waals surface area contributed by atoms with E-state index in [9.17, 15) is 9.59 Å². The number of aromatic nitrogens is 1. The van der Waals surface area contributed by atoms with Crippen molar-refractivity contribution in [2.45, 2.75) is 19.6 Å². The maximum atomic E-state index is 14.1. The minimum atomic E-state index is -0.632. The fraction of sp³-hybridized carbons (Fsp3) is 0.114. The van der Waals surface area contributed by atoms with Gasteiger partial charge in [0.1, 0.15) is 18.1 Å². The van der Waals surface area contributed by atoms with Crippen molar-refractivity contribution in [1.29, 1.82) is 0 Å². The van der Waals surface area contributed by atoms with Crippen LogP contribution < -0.4 is 29.7 Å². The van der Waals surface area contributed by atoms with Gasteiger partial charge in [-0.25, -0.2) is 4.99 Å². The number of nitrogens with one attached hydrogen (secondary N) is 1. The van der Waals surface area contributed by atoms with Crippen LogP contribution in [-0.2, 0) is 11.4 Å². The van der Waals surface area contributed by atoms with Gasteiger partial charge in [-0.15, -0.1) is 0 Å². The van der Waals surface area contributed by atoms with Crippen molar-refractivity contribution in [3.63, 3.8) is 0 Å². The molecule has 1 atom stereocenters. The van der Waals surface area contributed by atoms with Crippen LogP contribution >= 0.6 is 33.9 Å². The second kappa shape index (κ2) is 13.0. The number of fused-ring (bicyclic) bond motifs is 1. The van der Waals surface area contributed by atoms with Gasteiger partial charge in [0.2, 0.25) is 0 Å². The van der Waals surface area contributed by atoms with Crippen LogP contribution in [0.3, 0.4) is 0 Å². The number of allylic oxidation sites excluding steroid dienone is 1. The standard InChI is InChI=1S/C35H28IN3O4S/c1-22-31(33(40)38-27-11-7-4-8-12-27)32(24-9-5-3-6-10-24)39-34(41)30(44-35(39)37-22)20-23-13-18-29(42-2)25(19-23)21-43-28-16-14-26(36)15-17-28/h3-20,32H,21H2,1-2H3,(H,38,40)/b30-20+. The molecule has 0 saturated carbocycles. The number of methoxy groups -OCH3 is 1. The van der Waals surface area contributed by atoms with Crippen molar-refractivity contribution < 1.29 is 14.3 Å². The number of carbonyl (C=O) groups is 1. The third-order valence-electron chi connectivity index (χ3n) is 7.22.